The summed E-state index contributed by atoms with van der Waals surface area (Å²) in [5.41, 5.74) is 0.862. The Bertz CT molecular complexity index is 348. The number of pyridine rings is 1. The standard InChI is InChI=1S/C12H15NO2/c14-11(9-3-1-2-8-13-9)10-4-5-12(15-10)6-7-12/h1-3,8,10-11,14H,4-7H2/t10-,11-/m1/s1. The SMILES string of the molecule is O[C@H](c1ccccn1)[C@H]1CCC2(CC2)O1. The first kappa shape index (κ1) is 9.31. The quantitative estimate of drug-likeness (QED) is 0.800. The van der Waals surface area contributed by atoms with Gasteiger partial charge in [0.1, 0.15) is 6.10 Å². The third-order valence-electron chi connectivity index (χ3n) is 3.44. The van der Waals surface area contributed by atoms with Crippen molar-refractivity contribution in [3.8, 4) is 0 Å². The van der Waals surface area contributed by atoms with Gasteiger partial charge in [-0.1, -0.05) is 6.07 Å². The predicted molar refractivity (Wildman–Crippen MR) is 55.3 cm³/mol. The number of hydrogen-bond donors (Lipinski definition) is 1. The smallest absolute Gasteiger partial charge is 0.122 e. The van der Waals surface area contributed by atoms with Crippen LogP contribution in [0.2, 0.25) is 0 Å². The van der Waals surface area contributed by atoms with Crippen LogP contribution in [0, 0.1) is 0 Å². The fraction of sp³-hybridized carbons (Fsp3) is 0.583. The van der Waals surface area contributed by atoms with Crippen molar-refractivity contribution in [3.05, 3.63) is 30.1 Å². The Morgan fingerprint density at radius 3 is 2.87 bits per heavy atom. The molecular weight excluding hydrogens is 190 g/mol. The molecule has 0 unspecified atom stereocenters. The summed E-state index contributed by atoms with van der Waals surface area (Å²) < 4.78 is 5.89. The fourth-order valence-electron chi connectivity index (χ4n) is 2.32. The van der Waals surface area contributed by atoms with Crippen molar-refractivity contribution in [2.24, 2.45) is 0 Å². The molecule has 1 aliphatic carbocycles. The summed E-state index contributed by atoms with van der Waals surface area (Å²) in [4.78, 5) is 4.16. The van der Waals surface area contributed by atoms with E-state index < -0.39 is 6.10 Å². The molecule has 3 nitrogen and oxygen atoms in total. The van der Waals surface area contributed by atoms with E-state index in [1.165, 1.54) is 12.8 Å². The van der Waals surface area contributed by atoms with Gasteiger partial charge in [0, 0.05) is 6.20 Å². The fourth-order valence-corrected chi connectivity index (χ4v) is 2.32. The minimum absolute atomic E-state index is 0.0533. The maximum Gasteiger partial charge on any atom is 0.122 e. The largest absolute Gasteiger partial charge is 0.384 e. The molecule has 0 aromatic carbocycles. The summed E-state index contributed by atoms with van der Waals surface area (Å²) in [6, 6.07) is 5.60. The lowest BCUT2D eigenvalue weighted by molar-refractivity contribution is -0.0472. The summed E-state index contributed by atoms with van der Waals surface area (Å²) >= 11 is 0. The van der Waals surface area contributed by atoms with Gasteiger partial charge in [0.25, 0.3) is 0 Å². The van der Waals surface area contributed by atoms with Crippen LogP contribution < -0.4 is 0 Å². The minimum atomic E-state index is -0.564. The molecule has 0 radical (unpaired) electrons. The van der Waals surface area contributed by atoms with Crippen molar-refractivity contribution in [2.45, 2.75) is 43.5 Å². The van der Waals surface area contributed by atoms with Crippen LogP contribution in [0.3, 0.4) is 0 Å². The van der Waals surface area contributed by atoms with Gasteiger partial charge in [-0.25, -0.2) is 0 Å². The number of ether oxygens (including phenoxy) is 1. The van der Waals surface area contributed by atoms with Gasteiger partial charge in [-0.3, -0.25) is 4.98 Å². The summed E-state index contributed by atoms with van der Waals surface area (Å²) in [6.45, 7) is 0. The molecule has 2 atom stereocenters. The van der Waals surface area contributed by atoms with Crippen LogP contribution >= 0.6 is 0 Å². The second-order valence-electron chi connectivity index (χ2n) is 4.58. The van der Waals surface area contributed by atoms with Gasteiger partial charge < -0.3 is 9.84 Å². The third kappa shape index (κ3) is 1.66. The van der Waals surface area contributed by atoms with Gasteiger partial charge in [0.2, 0.25) is 0 Å². The molecule has 1 aromatic heterocycles. The lowest BCUT2D eigenvalue weighted by Gasteiger charge is -2.18. The number of hydrogen-bond acceptors (Lipinski definition) is 3. The maximum atomic E-state index is 10.1. The van der Waals surface area contributed by atoms with E-state index in [4.69, 9.17) is 4.74 Å². The van der Waals surface area contributed by atoms with E-state index in [2.05, 4.69) is 4.98 Å². The average Bonchev–Trinajstić information content (AvgIpc) is 2.90. The Morgan fingerprint density at radius 1 is 1.40 bits per heavy atom. The average molecular weight is 205 g/mol. The molecule has 80 valence electrons. The molecule has 15 heavy (non-hydrogen) atoms. The number of aliphatic hydroxyl groups is 1. The lowest BCUT2D eigenvalue weighted by Crippen LogP contribution is -2.20. The summed E-state index contributed by atoms with van der Waals surface area (Å²) in [5, 5.41) is 10.1. The molecule has 2 heterocycles. The van der Waals surface area contributed by atoms with Gasteiger partial charge >= 0.3 is 0 Å². The van der Waals surface area contributed by atoms with Crippen molar-refractivity contribution < 1.29 is 9.84 Å². The first-order chi connectivity index (χ1) is 7.29. The molecule has 3 rings (SSSR count). The highest BCUT2D eigenvalue weighted by Gasteiger charge is 2.51. The number of rotatable bonds is 2. The van der Waals surface area contributed by atoms with Gasteiger partial charge in [0.15, 0.2) is 0 Å². The van der Waals surface area contributed by atoms with Crippen LogP contribution in [0.4, 0.5) is 0 Å². The topological polar surface area (TPSA) is 42.4 Å². The second kappa shape index (κ2) is 3.29. The summed E-state index contributed by atoms with van der Waals surface area (Å²) in [5.74, 6) is 0. The van der Waals surface area contributed by atoms with Crippen molar-refractivity contribution in [2.75, 3.05) is 0 Å². The Kier molecular flexibility index (Phi) is 2.04. The molecule has 1 saturated carbocycles. The molecular formula is C12H15NO2. The van der Waals surface area contributed by atoms with Crippen LogP contribution in [-0.4, -0.2) is 21.8 Å². The molecule has 3 heteroatoms. The van der Waals surface area contributed by atoms with Crippen molar-refractivity contribution in [1.82, 2.24) is 4.98 Å². The summed E-state index contributed by atoms with van der Waals surface area (Å²) in [7, 11) is 0. The van der Waals surface area contributed by atoms with E-state index >= 15 is 0 Å². The molecule has 1 saturated heterocycles. The van der Waals surface area contributed by atoms with E-state index in [1.807, 2.05) is 18.2 Å². The zero-order chi connectivity index (χ0) is 10.3. The van der Waals surface area contributed by atoms with Crippen molar-refractivity contribution in [3.63, 3.8) is 0 Å². The van der Waals surface area contributed by atoms with Crippen LogP contribution in [0.1, 0.15) is 37.5 Å². The molecule has 1 spiro atoms. The van der Waals surface area contributed by atoms with Gasteiger partial charge in [0.05, 0.1) is 17.4 Å². The van der Waals surface area contributed by atoms with Gasteiger partial charge in [-0.2, -0.15) is 0 Å². The highest BCUT2D eigenvalue weighted by Crippen LogP contribution is 2.51. The Morgan fingerprint density at radius 2 is 2.27 bits per heavy atom. The highest BCUT2D eigenvalue weighted by molar-refractivity contribution is 5.11. The zero-order valence-electron chi connectivity index (χ0n) is 8.60. The molecule has 0 amide bonds. The van der Waals surface area contributed by atoms with E-state index in [0.717, 1.165) is 18.5 Å². The van der Waals surface area contributed by atoms with Crippen molar-refractivity contribution in [1.29, 1.82) is 0 Å². The molecule has 2 aliphatic rings. The van der Waals surface area contributed by atoms with Gasteiger partial charge in [-0.15, -0.1) is 0 Å². The normalized spacial score (nSPS) is 29.3. The number of aliphatic hydroxyl groups excluding tert-OH is 1. The Balaban J connectivity index is 1.73. The molecule has 0 bridgehead atoms. The van der Waals surface area contributed by atoms with Crippen LogP contribution in [0.25, 0.3) is 0 Å². The third-order valence-corrected chi connectivity index (χ3v) is 3.44. The monoisotopic (exact) mass is 205 g/mol. The second-order valence-corrected chi connectivity index (χ2v) is 4.58. The molecule has 1 aliphatic heterocycles. The lowest BCUT2D eigenvalue weighted by atomic mass is 10.1. The number of aromatic nitrogens is 1. The first-order valence-electron chi connectivity index (χ1n) is 5.56. The first-order valence-corrected chi connectivity index (χ1v) is 5.56. The maximum absolute atomic E-state index is 10.1. The molecule has 1 N–H and O–H groups in total. The molecule has 2 fully saturated rings. The Hall–Kier alpha value is -0.930. The molecule has 1 aromatic rings. The van der Waals surface area contributed by atoms with Gasteiger partial charge in [-0.05, 0) is 37.8 Å². The predicted octanol–water partition coefficient (Wildman–Crippen LogP) is 1.83. The van der Waals surface area contributed by atoms with E-state index in [1.54, 1.807) is 6.20 Å². The van der Waals surface area contributed by atoms with Crippen LogP contribution in [-0.2, 0) is 4.74 Å². The minimum Gasteiger partial charge on any atom is -0.384 e. The van der Waals surface area contributed by atoms with E-state index in [9.17, 15) is 5.11 Å². The summed E-state index contributed by atoms with van der Waals surface area (Å²) in [6.07, 6.45) is 5.48. The van der Waals surface area contributed by atoms with Crippen molar-refractivity contribution >= 4 is 0 Å². The van der Waals surface area contributed by atoms with E-state index in [-0.39, 0.29) is 11.7 Å². The van der Waals surface area contributed by atoms with Crippen LogP contribution in [0.5, 0.6) is 0 Å². The number of nitrogens with zero attached hydrogens (tertiary/aromatic N) is 1. The highest BCUT2D eigenvalue weighted by atomic mass is 16.5. The van der Waals surface area contributed by atoms with E-state index in [0.29, 0.717) is 0 Å². The zero-order valence-corrected chi connectivity index (χ0v) is 8.60. The van der Waals surface area contributed by atoms with Crippen LogP contribution in [0.15, 0.2) is 24.4 Å². The Labute approximate surface area is 89.1 Å².